The van der Waals surface area contributed by atoms with Crippen LogP contribution in [0.15, 0.2) is 78.9 Å². The predicted octanol–water partition coefficient (Wildman–Crippen LogP) is 4.49. The summed E-state index contributed by atoms with van der Waals surface area (Å²) < 4.78 is 11.0. The standard InChI is InChI=1S/C22H17NO3/c23-14-19-6-4-5-7-20(19)16-26-22(24)18-12-10-17(11-13-18)15-25-21-8-2-1-3-9-21/h1-13H,15-16H2. The van der Waals surface area contributed by atoms with Crippen LogP contribution in [0.25, 0.3) is 0 Å². The Labute approximate surface area is 152 Å². The molecule has 0 spiro atoms. The van der Waals surface area contributed by atoms with Gasteiger partial charge in [0.15, 0.2) is 0 Å². The number of carbonyl (C=O) groups is 1. The molecular weight excluding hydrogens is 326 g/mol. The molecule has 3 aromatic rings. The monoisotopic (exact) mass is 343 g/mol. The minimum atomic E-state index is -0.423. The normalized spacial score (nSPS) is 9.96. The Morgan fingerprint density at radius 2 is 1.54 bits per heavy atom. The van der Waals surface area contributed by atoms with Crippen molar-refractivity contribution in [1.82, 2.24) is 0 Å². The van der Waals surface area contributed by atoms with Crippen molar-refractivity contribution in [3.05, 3.63) is 101 Å². The van der Waals surface area contributed by atoms with Crippen LogP contribution < -0.4 is 4.74 Å². The van der Waals surface area contributed by atoms with Crippen LogP contribution in [0.2, 0.25) is 0 Å². The van der Waals surface area contributed by atoms with E-state index >= 15 is 0 Å². The van der Waals surface area contributed by atoms with Gasteiger partial charge in [0.1, 0.15) is 19.0 Å². The highest BCUT2D eigenvalue weighted by atomic mass is 16.5. The number of hydrogen-bond acceptors (Lipinski definition) is 4. The van der Waals surface area contributed by atoms with E-state index < -0.39 is 5.97 Å². The van der Waals surface area contributed by atoms with Crippen LogP contribution in [0.5, 0.6) is 5.75 Å². The van der Waals surface area contributed by atoms with Gasteiger partial charge in [-0.05, 0) is 35.9 Å². The molecule has 128 valence electrons. The molecule has 26 heavy (non-hydrogen) atoms. The first-order valence-electron chi connectivity index (χ1n) is 8.18. The van der Waals surface area contributed by atoms with Crippen LogP contribution >= 0.6 is 0 Å². The smallest absolute Gasteiger partial charge is 0.338 e. The maximum atomic E-state index is 12.2. The van der Waals surface area contributed by atoms with Crippen molar-refractivity contribution in [3.8, 4) is 11.8 Å². The molecule has 3 aromatic carbocycles. The first-order chi connectivity index (χ1) is 12.8. The van der Waals surface area contributed by atoms with E-state index in [9.17, 15) is 4.79 Å². The lowest BCUT2D eigenvalue weighted by Gasteiger charge is -2.08. The summed E-state index contributed by atoms with van der Waals surface area (Å²) in [6, 6.07) is 25.8. The van der Waals surface area contributed by atoms with Crippen LogP contribution in [-0.4, -0.2) is 5.97 Å². The van der Waals surface area contributed by atoms with Gasteiger partial charge in [0, 0.05) is 5.56 Å². The van der Waals surface area contributed by atoms with E-state index in [0.717, 1.165) is 11.3 Å². The molecule has 0 aromatic heterocycles. The van der Waals surface area contributed by atoms with Crippen molar-refractivity contribution < 1.29 is 14.3 Å². The van der Waals surface area contributed by atoms with E-state index in [4.69, 9.17) is 14.7 Å². The van der Waals surface area contributed by atoms with Crippen LogP contribution in [0, 0.1) is 11.3 Å². The van der Waals surface area contributed by atoms with Gasteiger partial charge in [-0.2, -0.15) is 5.26 Å². The number of benzene rings is 3. The highest BCUT2D eigenvalue weighted by Crippen LogP contribution is 2.14. The lowest BCUT2D eigenvalue weighted by Crippen LogP contribution is -2.06. The molecule has 0 unspecified atom stereocenters. The Morgan fingerprint density at radius 3 is 2.27 bits per heavy atom. The number of nitrogens with zero attached hydrogens (tertiary/aromatic N) is 1. The van der Waals surface area contributed by atoms with Crippen molar-refractivity contribution in [1.29, 1.82) is 5.26 Å². The molecule has 0 bridgehead atoms. The van der Waals surface area contributed by atoms with Crippen molar-refractivity contribution in [2.45, 2.75) is 13.2 Å². The molecule has 0 saturated heterocycles. The second-order valence-electron chi connectivity index (χ2n) is 5.64. The van der Waals surface area contributed by atoms with E-state index in [2.05, 4.69) is 6.07 Å². The van der Waals surface area contributed by atoms with Gasteiger partial charge in [-0.15, -0.1) is 0 Å². The number of nitriles is 1. The molecule has 0 radical (unpaired) electrons. The second kappa shape index (κ2) is 8.50. The van der Waals surface area contributed by atoms with Crippen molar-refractivity contribution in [2.24, 2.45) is 0 Å². The third-order valence-electron chi connectivity index (χ3n) is 3.83. The Bertz CT molecular complexity index is 912. The third-order valence-corrected chi connectivity index (χ3v) is 3.83. The Balaban J connectivity index is 1.56. The lowest BCUT2D eigenvalue weighted by molar-refractivity contribution is 0.0472. The SMILES string of the molecule is N#Cc1ccccc1COC(=O)c1ccc(COc2ccccc2)cc1. The summed E-state index contributed by atoms with van der Waals surface area (Å²) in [4.78, 5) is 12.2. The minimum Gasteiger partial charge on any atom is -0.489 e. The van der Waals surface area contributed by atoms with Gasteiger partial charge in [-0.1, -0.05) is 48.5 Å². The maximum Gasteiger partial charge on any atom is 0.338 e. The summed E-state index contributed by atoms with van der Waals surface area (Å²) in [5, 5.41) is 9.06. The van der Waals surface area contributed by atoms with Gasteiger partial charge in [0.2, 0.25) is 0 Å². The maximum absolute atomic E-state index is 12.2. The fraction of sp³-hybridized carbons (Fsp3) is 0.0909. The molecule has 0 heterocycles. The van der Waals surface area contributed by atoms with Gasteiger partial charge in [-0.25, -0.2) is 4.79 Å². The van der Waals surface area contributed by atoms with Crippen molar-refractivity contribution >= 4 is 5.97 Å². The lowest BCUT2D eigenvalue weighted by atomic mass is 10.1. The van der Waals surface area contributed by atoms with Gasteiger partial charge in [0.25, 0.3) is 0 Å². The number of esters is 1. The summed E-state index contributed by atoms with van der Waals surface area (Å²) in [6.07, 6.45) is 0. The predicted molar refractivity (Wildman–Crippen MR) is 97.5 cm³/mol. The molecule has 0 atom stereocenters. The zero-order valence-corrected chi connectivity index (χ0v) is 14.1. The summed E-state index contributed by atoms with van der Waals surface area (Å²) in [6.45, 7) is 0.496. The van der Waals surface area contributed by atoms with E-state index in [0.29, 0.717) is 23.3 Å². The Kier molecular flexibility index (Phi) is 5.64. The fourth-order valence-corrected chi connectivity index (χ4v) is 2.40. The molecule has 0 fully saturated rings. The molecule has 4 nitrogen and oxygen atoms in total. The molecule has 0 aliphatic heterocycles. The number of ether oxygens (including phenoxy) is 2. The molecule has 0 aliphatic carbocycles. The summed E-state index contributed by atoms with van der Waals surface area (Å²) >= 11 is 0. The minimum absolute atomic E-state index is 0.0709. The average molecular weight is 343 g/mol. The first kappa shape index (κ1) is 17.2. The molecule has 0 amide bonds. The van der Waals surface area contributed by atoms with Crippen LogP contribution in [0.3, 0.4) is 0 Å². The zero-order chi connectivity index (χ0) is 18.2. The van der Waals surface area contributed by atoms with Crippen LogP contribution in [0.4, 0.5) is 0 Å². The first-order valence-corrected chi connectivity index (χ1v) is 8.18. The highest BCUT2D eigenvalue weighted by Gasteiger charge is 2.09. The number of hydrogen-bond donors (Lipinski definition) is 0. The van der Waals surface area contributed by atoms with Gasteiger partial charge in [-0.3, -0.25) is 0 Å². The third kappa shape index (κ3) is 4.49. The molecule has 0 aliphatic rings. The van der Waals surface area contributed by atoms with E-state index in [-0.39, 0.29) is 6.61 Å². The van der Waals surface area contributed by atoms with Gasteiger partial charge >= 0.3 is 5.97 Å². The van der Waals surface area contributed by atoms with Crippen LogP contribution in [-0.2, 0) is 18.0 Å². The van der Waals surface area contributed by atoms with Crippen molar-refractivity contribution in [3.63, 3.8) is 0 Å². The largest absolute Gasteiger partial charge is 0.489 e. The summed E-state index contributed by atoms with van der Waals surface area (Å²) in [5.74, 6) is 0.375. The van der Waals surface area contributed by atoms with Crippen LogP contribution in [0.1, 0.15) is 27.0 Å². The quantitative estimate of drug-likeness (QED) is 0.619. The number of para-hydroxylation sites is 1. The van der Waals surface area contributed by atoms with Gasteiger partial charge < -0.3 is 9.47 Å². The van der Waals surface area contributed by atoms with Crippen molar-refractivity contribution in [2.75, 3.05) is 0 Å². The summed E-state index contributed by atoms with van der Waals surface area (Å²) in [5.41, 5.74) is 2.62. The van der Waals surface area contributed by atoms with E-state index in [1.807, 2.05) is 48.5 Å². The Hall–Kier alpha value is -3.58. The molecule has 0 N–H and O–H groups in total. The molecule has 3 rings (SSSR count). The van der Waals surface area contributed by atoms with Gasteiger partial charge in [0.05, 0.1) is 17.2 Å². The average Bonchev–Trinajstić information content (AvgIpc) is 2.72. The van der Waals surface area contributed by atoms with E-state index in [1.165, 1.54) is 0 Å². The topological polar surface area (TPSA) is 59.3 Å². The second-order valence-corrected chi connectivity index (χ2v) is 5.64. The number of rotatable bonds is 6. The Morgan fingerprint density at radius 1 is 0.846 bits per heavy atom. The molecular formula is C22H17NO3. The summed E-state index contributed by atoms with van der Waals surface area (Å²) in [7, 11) is 0. The highest BCUT2D eigenvalue weighted by molar-refractivity contribution is 5.89. The zero-order valence-electron chi connectivity index (χ0n) is 14.1. The van der Waals surface area contributed by atoms with E-state index in [1.54, 1.807) is 30.3 Å². The fourth-order valence-electron chi connectivity index (χ4n) is 2.40. The molecule has 4 heteroatoms. The molecule has 0 saturated carbocycles. The number of carbonyl (C=O) groups excluding carboxylic acids is 1.